The van der Waals surface area contributed by atoms with Crippen molar-refractivity contribution in [3.8, 4) is 17.1 Å². The minimum Gasteiger partial charge on any atom is -0.491 e. The molecule has 1 aromatic carbocycles. The number of aromatic nitrogens is 2. The number of benzene rings is 1. The number of nitrogens with zero attached hydrogens (tertiary/aromatic N) is 2. The van der Waals surface area contributed by atoms with E-state index < -0.39 is 17.7 Å². The molecular weight excluding hydrogens is 416 g/mol. The zero-order valence-corrected chi connectivity index (χ0v) is 17.4. The Balaban J connectivity index is 1.60. The molecule has 1 unspecified atom stereocenters. The number of rotatable bonds is 5. The predicted molar refractivity (Wildman–Crippen MR) is 113 cm³/mol. The summed E-state index contributed by atoms with van der Waals surface area (Å²) in [6.07, 6.45) is -0.873. The number of aliphatic hydroxyl groups is 3. The van der Waals surface area contributed by atoms with Crippen LogP contribution in [0.25, 0.3) is 22.3 Å². The number of fused-ring (bicyclic) bond motifs is 5. The Hall–Kier alpha value is -3.27. The van der Waals surface area contributed by atoms with Crippen molar-refractivity contribution in [3.63, 3.8) is 0 Å². The van der Waals surface area contributed by atoms with Crippen LogP contribution in [-0.4, -0.2) is 50.2 Å². The average molecular weight is 438 g/mol. The fraction of sp³-hybridized carbons (Fsp3) is 0.348. The number of aliphatic hydroxyl groups excluding tert-OH is 2. The summed E-state index contributed by atoms with van der Waals surface area (Å²) in [7, 11) is 0. The molecule has 32 heavy (non-hydrogen) atoms. The average Bonchev–Trinajstić information content (AvgIpc) is 3.16. The number of ether oxygens (including phenoxy) is 2. The van der Waals surface area contributed by atoms with E-state index in [-0.39, 0.29) is 42.9 Å². The van der Waals surface area contributed by atoms with Gasteiger partial charge in [0.1, 0.15) is 25.1 Å². The Bertz CT molecular complexity index is 1320. The van der Waals surface area contributed by atoms with Gasteiger partial charge in [-0.1, -0.05) is 6.92 Å². The molecule has 2 aliphatic rings. The lowest BCUT2D eigenvalue weighted by Gasteiger charge is -2.31. The van der Waals surface area contributed by atoms with Crippen molar-refractivity contribution in [2.45, 2.75) is 38.2 Å². The summed E-state index contributed by atoms with van der Waals surface area (Å²) in [5.74, 6) is -0.223. The second-order valence-electron chi connectivity index (χ2n) is 8.10. The first-order valence-electron chi connectivity index (χ1n) is 10.4. The van der Waals surface area contributed by atoms with E-state index in [4.69, 9.17) is 19.6 Å². The van der Waals surface area contributed by atoms with E-state index in [9.17, 15) is 19.8 Å². The molecule has 0 amide bonds. The highest BCUT2D eigenvalue weighted by molar-refractivity contribution is 5.87. The molecule has 3 aromatic rings. The van der Waals surface area contributed by atoms with Gasteiger partial charge in [-0.15, -0.1) is 0 Å². The smallest absolute Gasteiger partial charge is 0.343 e. The summed E-state index contributed by atoms with van der Waals surface area (Å²) < 4.78 is 12.2. The number of esters is 1. The molecule has 2 atom stereocenters. The number of pyridine rings is 2. The van der Waals surface area contributed by atoms with Gasteiger partial charge in [-0.25, -0.2) is 9.78 Å². The summed E-state index contributed by atoms with van der Waals surface area (Å²) >= 11 is 0. The lowest BCUT2D eigenvalue weighted by atomic mass is 9.86. The van der Waals surface area contributed by atoms with Crippen LogP contribution >= 0.6 is 0 Å². The first kappa shape index (κ1) is 20.6. The normalized spacial score (nSPS) is 19.8. The topological polar surface area (TPSA) is 131 Å². The van der Waals surface area contributed by atoms with Crippen LogP contribution in [0.5, 0.6) is 5.75 Å². The molecule has 5 rings (SSSR count). The molecule has 9 heteroatoms. The SMILES string of the molecule is CC[C@@]1(O)C(=O)OCc2c1cc1n(c2=O)Cc2cc3cc(OCC(O)CO)ccc3nc2-1. The highest BCUT2D eigenvalue weighted by Gasteiger charge is 2.45. The van der Waals surface area contributed by atoms with Crippen molar-refractivity contribution in [2.24, 2.45) is 0 Å². The third kappa shape index (κ3) is 3.01. The first-order chi connectivity index (χ1) is 15.4. The maximum Gasteiger partial charge on any atom is 0.343 e. The second-order valence-corrected chi connectivity index (χ2v) is 8.10. The van der Waals surface area contributed by atoms with Crippen molar-refractivity contribution in [1.29, 1.82) is 0 Å². The molecule has 166 valence electrons. The van der Waals surface area contributed by atoms with Gasteiger partial charge >= 0.3 is 5.97 Å². The molecule has 0 saturated carbocycles. The summed E-state index contributed by atoms with van der Waals surface area (Å²) in [5.41, 5.74) is 1.10. The van der Waals surface area contributed by atoms with E-state index in [1.807, 2.05) is 6.07 Å². The van der Waals surface area contributed by atoms with Crippen LogP contribution in [0, 0.1) is 0 Å². The molecule has 3 N–H and O–H groups in total. The summed E-state index contributed by atoms with van der Waals surface area (Å²) in [4.78, 5) is 30.2. The number of carbonyl (C=O) groups is 1. The Kier molecular flexibility index (Phi) is 4.77. The second kappa shape index (κ2) is 7.40. The Morgan fingerprint density at radius 1 is 1.28 bits per heavy atom. The Morgan fingerprint density at radius 2 is 2.09 bits per heavy atom. The fourth-order valence-corrected chi connectivity index (χ4v) is 4.30. The van der Waals surface area contributed by atoms with Crippen LogP contribution < -0.4 is 10.3 Å². The number of hydrogen-bond acceptors (Lipinski definition) is 8. The molecule has 0 spiro atoms. The maximum atomic E-state index is 13.2. The Labute approximate surface area is 182 Å². The van der Waals surface area contributed by atoms with Crippen molar-refractivity contribution in [3.05, 3.63) is 57.4 Å². The molecule has 9 nitrogen and oxygen atoms in total. The van der Waals surface area contributed by atoms with Gasteiger partial charge < -0.3 is 29.4 Å². The predicted octanol–water partition coefficient (Wildman–Crippen LogP) is 0.812. The highest BCUT2D eigenvalue weighted by atomic mass is 16.6. The maximum absolute atomic E-state index is 13.2. The van der Waals surface area contributed by atoms with Gasteiger partial charge in [0, 0.05) is 16.5 Å². The fourth-order valence-electron chi connectivity index (χ4n) is 4.30. The largest absolute Gasteiger partial charge is 0.491 e. The van der Waals surface area contributed by atoms with Crippen LogP contribution in [0.15, 0.2) is 35.1 Å². The summed E-state index contributed by atoms with van der Waals surface area (Å²) in [6, 6.07) is 8.87. The number of cyclic esters (lactones) is 1. The van der Waals surface area contributed by atoms with Gasteiger partial charge in [0.05, 0.1) is 35.6 Å². The van der Waals surface area contributed by atoms with Crippen LogP contribution in [-0.2, 0) is 28.3 Å². The van der Waals surface area contributed by atoms with Crippen LogP contribution in [0.1, 0.15) is 30.0 Å². The van der Waals surface area contributed by atoms with E-state index in [1.165, 1.54) is 0 Å². The van der Waals surface area contributed by atoms with Crippen molar-refractivity contribution >= 4 is 16.9 Å². The van der Waals surface area contributed by atoms with Gasteiger partial charge in [0.15, 0.2) is 5.60 Å². The molecule has 0 bridgehead atoms. The molecular formula is C23H22N2O7. The van der Waals surface area contributed by atoms with Crippen LogP contribution in [0.2, 0.25) is 0 Å². The first-order valence-corrected chi connectivity index (χ1v) is 10.4. The van der Waals surface area contributed by atoms with Gasteiger partial charge in [-0.3, -0.25) is 4.79 Å². The number of hydrogen-bond donors (Lipinski definition) is 3. The minimum absolute atomic E-state index is 0.0338. The van der Waals surface area contributed by atoms with Crippen molar-refractivity contribution < 1.29 is 29.6 Å². The minimum atomic E-state index is -1.85. The highest BCUT2D eigenvalue weighted by Crippen LogP contribution is 2.38. The van der Waals surface area contributed by atoms with Gasteiger partial charge in [0.2, 0.25) is 0 Å². The number of carbonyl (C=O) groups excluding carboxylic acids is 1. The lowest BCUT2D eigenvalue weighted by Crippen LogP contribution is -2.44. The van der Waals surface area contributed by atoms with Crippen molar-refractivity contribution in [1.82, 2.24) is 9.55 Å². The van der Waals surface area contributed by atoms with E-state index in [1.54, 1.807) is 35.8 Å². The molecule has 0 radical (unpaired) electrons. The standard InChI is InChI=1S/C23H22N2O7/c1-2-23(30)17-7-19-20-13(8-25(19)21(28)16(17)11-32-22(23)29)5-12-6-15(3-4-18(12)24-20)31-10-14(27)9-26/h3-7,14,26-27,30H,2,8-11H2,1H3/t14?,23-/m0/s1. The molecule has 0 aliphatic carbocycles. The van der Waals surface area contributed by atoms with Gasteiger partial charge in [0.25, 0.3) is 5.56 Å². The monoisotopic (exact) mass is 438 g/mol. The molecule has 0 saturated heterocycles. The summed E-state index contributed by atoms with van der Waals surface area (Å²) in [6.45, 7) is 1.39. The Morgan fingerprint density at radius 3 is 2.84 bits per heavy atom. The van der Waals surface area contributed by atoms with E-state index in [0.717, 1.165) is 10.9 Å². The van der Waals surface area contributed by atoms with E-state index >= 15 is 0 Å². The third-order valence-electron chi connectivity index (χ3n) is 6.13. The van der Waals surface area contributed by atoms with E-state index in [2.05, 4.69) is 0 Å². The van der Waals surface area contributed by atoms with E-state index in [0.29, 0.717) is 29.2 Å². The van der Waals surface area contributed by atoms with Gasteiger partial charge in [-0.05, 0) is 36.8 Å². The zero-order valence-electron chi connectivity index (χ0n) is 17.4. The third-order valence-corrected chi connectivity index (χ3v) is 6.13. The molecule has 2 aromatic heterocycles. The van der Waals surface area contributed by atoms with Crippen LogP contribution in [0.4, 0.5) is 0 Å². The summed E-state index contributed by atoms with van der Waals surface area (Å²) in [5, 5.41) is 30.1. The molecule has 0 fully saturated rings. The quantitative estimate of drug-likeness (QED) is 0.390. The lowest BCUT2D eigenvalue weighted by molar-refractivity contribution is -0.172. The van der Waals surface area contributed by atoms with Crippen molar-refractivity contribution in [2.75, 3.05) is 13.2 Å². The molecule has 4 heterocycles. The molecule has 2 aliphatic heterocycles. The van der Waals surface area contributed by atoms with Crippen LogP contribution in [0.3, 0.4) is 0 Å². The van der Waals surface area contributed by atoms with Gasteiger partial charge in [-0.2, -0.15) is 0 Å². The zero-order chi connectivity index (χ0) is 22.6.